The van der Waals surface area contributed by atoms with Crippen LogP contribution in [0.3, 0.4) is 0 Å². The first kappa shape index (κ1) is 10.2. The van der Waals surface area contributed by atoms with E-state index in [9.17, 15) is 0 Å². The summed E-state index contributed by atoms with van der Waals surface area (Å²) in [6.07, 6.45) is 3.84. The van der Waals surface area contributed by atoms with Crippen LogP contribution in [-0.4, -0.2) is 13.2 Å². The monoisotopic (exact) mass is 217 g/mol. The summed E-state index contributed by atoms with van der Waals surface area (Å²) in [4.78, 5) is 0. The van der Waals surface area contributed by atoms with Crippen molar-refractivity contribution in [1.82, 2.24) is 5.32 Å². The number of rotatable bonds is 4. The minimum absolute atomic E-state index is 0.597. The molecule has 0 saturated heterocycles. The summed E-state index contributed by atoms with van der Waals surface area (Å²) in [5, 5.41) is 3.55. The third kappa shape index (κ3) is 2.07. The van der Waals surface area contributed by atoms with E-state index in [1.165, 1.54) is 24.0 Å². The Morgan fingerprint density at radius 1 is 1.38 bits per heavy atom. The van der Waals surface area contributed by atoms with Gasteiger partial charge in [0.2, 0.25) is 0 Å². The summed E-state index contributed by atoms with van der Waals surface area (Å²) in [7, 11) is 0. The fourth-order valence-corrected chi connectivity index (χ4v) is 2.25. The van der Waals surface area contributed by atoms with Crippen molar-refractivity contribution in [3.8, 4) is 5.75 Å². The fraction of sp³-hybridized carbons (Fsp3) is 0.571. The second-order valence-electron chi connectivity index (χ2n) is 5.45. The van der Waals surface area contributed by atoms with Crippen LogP contribution in [0.5, 0.6) is 5.75 Å². The van der Waals surface area contributed by atoms with Gasteiger partial charge in [-0.2, -0.15) is 0 Å². The van der Waals surface area contributed by atoms with E-state index in [4.69, 9.17) is 4.74 Å². The van der Waals surface area contributed by atoms with Gasteiger partial charge in [0.25, 0.3) is 0 Å². The van der Waals surface area contributed by atoms with Crippen LogP contribution in [0.15, 0.2) is 18.2 Å². The largest absolute Gasteiger partial charge is 0.493 e. The van der Waals surface area contributed by atoms with Gasteiger partial charge in [-0.25, -0.2) is 0 Å². The van der Waals surface area contributed by atoms with Gasteiger partial charge in [0.05, 0.1) is 6.61 Å². The Hall–Kier alpha value is -1.02. The van der Waals surface area contributed by atoms with E-state index in [0.29, 0.717) is 5.41 Å². The molecule has 0 amide bonds. The van der Waals surface area contributed by atoms with Gasteiger partial charge >= 0.3 is 0 Å². The maximum Gasteiger partial charge on any atom is 0.122 e. The molecule has 0 unspecified atom stereocenters. The lowest BCUT2D eigenvalue weighted by Gasteiger charge is -2.10. The zero-order chi connectivity index (χ0) is 11.0. The Morgan fingerprint density at radius 2 is 2.25 bits per heavy atom. The Bertz CT molecular complexity index is 396. The van der Waals surface area contributed by atoms with Crippen LogP contribution >= 0.6 is 0 Å². The molecule has 1 aromatic rings. The SMILES string of the molecule is CC1(CNCc2ccc3c(c2)CCO3)CC1. The van der Waals surface area contributed by atoms with E-state index in [2.05, 4.69) is 30.4 Å². The van der Waals surface area contributed by atoms with Crippen LogP contribution < -0.4 is 10.1 Å². The van der Waals surface area contributed by atoms with Gasteiger partial charge in [0.15, 0.2) is 0 Å². The molecule has 2 heteroatoms. The maximum atomic E-state index is 5.50. The van der Waals surface area contributed by atoms with Crippen LogP contribution in [-0.2, 0) is 13.0 Å². The Kier molecular flexibility index (Phi) is 2.40. The van der Waals surface area contributed by atoms with Gasteiger partial charge in [-0.3, -0.25) is 0 Å². The van der Waals surface area contributed by atoms with E-state index in [0.717, 1.165) is 31.9 Å². The Balaban J connectivity index is 1.58. The molecule has 86 valence electrons. The molecule has 1 aliphatic heterocycles. The first-order chi connectivity index (χ1) is 7.75. The lowest BCUT2D eigenvalue weighted by molar-refractivity contribution is 0.357. The highest BCUT2D eigenvalue weighted by Gasteiger charge is 2.36. The van der Waals surface area contributed by atoms with Gasteiger partial charge in [-0.05, 0) is 35.4 Å². The minimum atomic E-state index is 0.597. The third-order valence-electron chi connectivity index (χ3n) is 3.74. The van der Waals surface area contributed by atoms with Crippen LogP contribution in [0, 0.1) is 5.41 Å². The van der Waals surface area contributed by atoms with Gasteiger partial charge in [-0.15, -0.1) is 0 Å². The summed E-state index contributed by atoms with van der Waals surface area (Å²) in [6, 6.07) is 6.56. The highest BCUT2D eigenvalue weighted by atomic mass is 16.5. The lowest BCUT2D eigenvalue weighted by Crippen LogP contribution is -2.21. The number of benzene rings is 1. The van der Waals surface area contributed by atoms with Gasteiger partial charge < -0.3 is 10.1 Å². The summed E-state index contributed by atoms with van der Waals surface area (Å²) >= 11 is 0. The van der Waals surface area contributed by atoms with Crippen LogP contribution in [0.1, 0.15) is 30.9 Å². The molecule has 1 saturated carbocycles. The summed E-state index contributed by atoms with van der Waals surface area (Å²) in [5.41, 5.74) is 3.35. The molecule has 0 bridgehead atoms. The summed E-state index contributed by atoms with van der Waals surface area (Å²) in [6.45, 7) is 5.35. The average Bonchev–Trinajstić information content (AvgIpc) is 2.84. The smallest absolute Gasteiger partial charge is 0.122 e. The van der Waals surface area contributed by atoms with Crippen molar-refractivity contribution in [2.75, 3.05) is 13.2 Å². The van der Waals surface area contributed by atoms with Crippen molar-refractivity contribution >= 4 is 0 Å². The van der Waals surface area contributed by atoms with Crippen molar-refractivity contribution in [2.45, 2.75) is 32.7 Å². The molecule has 1 fully saturated rings. The topological polar surface area (TPSA) is 21.3 Å². The number of nitrogens with one attached hydrogen (secondary N) is 1. The molecule has 1 heterocycles. The molecule has 1 aliphatic carbocycles. The minimum Gasteiger partial charge on any atom is -0.493 e. The Morgan fingerprint density at radius 3 is 3.06 bits per heavy atom. The van der Waals surface area contributed by atoms with Crippen molar-refractivity contribution in [3.63, 3.8) is 0 Å². The molecular weight excluding hydrogens is 198 g/mol. The van der Waals surface area contributed by atoms with Gasteiger partial charge in [0, 0.05) is 19.5 Å². The zero-order valence-corrected chi connectivity index (χ0v) is 9.88. The normalized spacial score (nSPS) is 20.3. The second-order valence-corrected chi connectivity index (χ2v) is 5.45. The quantitative estimate of drug-likeness (QED) is 0.836. The van der Waals surface area contributed by atoms with Crippen LogP contribution in [0.25, 0.3) is 0 Å². The number of ether oxygens (including phenoxy) is 1. The van der Waals surface area contributed by atoms with Crippen LogP contribution in [0.4, 0.5) is 0 Å². The van der Waals surface area contributed by atoms with Crippen molar-refractivity contribution in [3.05, 3.63) is 29.3 Å². The summed E-state index contributed by atoms with van der Waals surface area (Å²) in [5.74, 6) is 1.08. The van der Waals surface area contributed by atoms with Crippen molar-refractivity contribution in [1.29, 1.82) is 0 Å². The lowest BCUT2D eigenvalue weighted by atomic mass is 10.1. The second kappa shape index (κ2) is 3.77. The van der Waals surface area contributed by atoms with E-state index in [-0.39, 0.29) is 0 Å². The molecule has 2 nitrogen and oxygen atoms in total. The molecule has 0 aromatic heterocycles. The Labute approximate surface area is 97.0 Å². The van der Waals surface area contributed by atoms with Gasteiger partial charge in [-0.1, -0.05) is 19.1 Å². The molecule has 2 aliphatic rings. The maximum absolute atomic E-state index is 5.50. The highest BCUT2D eigenvalue weighted by molar-refractivity contribution is 5.39. The van der Waals surface area contributed by atoms with Crippen molar-refractivity contribution in [2.24, 2.45) is 5.41 Å². The number of hydrogen-bond donors (Lipinski definition) is 1. The molecule has 1 N–H and O–H groups in total. The van der Waals surface area contributed by atoms with Gasteiger partial charge in [0.1, 0.15) is 5.75 Å². The van der Waals surface area contributed by atoms with E-state index < -0.39 is 0 Å². The fourth-order valence-electron chi connectivity index (χ4n) is 2.25. The van der Waals surface area contributed by atoms with E-state index >= 15 is 0 Å². The van der Waals surface area contributed by atoms with Crippen LogP contribution in [0.2, 0.25) is 0 Å². The predicted octanol–water partition coefficient (Wildman–Crippen LogP) is 2.51. The van der Waals surface area contributed by atoms with E-state index in [1.807, 2.05) is 0 Å². The van der Waals surface area contributed by atoms with E-state index in [1.54, 1.807) is 0 Å². The molecule has 1 aromatic carbocycles. The molecule has 0 atom stereocenters. The highest BCUT2D eigenvalue weighted by Crippen LogP contribution is 2.44. The molecule has 0 radical (unpaired) electrons. The predicted molar refractivity (Wildman–Crippen MR) is 64.7 cm³/mol. The first-order valence-corrected chi connectivity index (χ1v) is 6.21. The molecule has 16 heavy (non-hydrogen) atoms. The molecular formula is C14H19NO. The number of hydrogen-bond acceptors (Lipinski definition) is 2. The first-order valence-electron chi connectivity index (χ1n) is 6.21. The standard InChI is InChI=1S/C14H19NO/c1-14(5-6-14)10-15-9-11-2-3-13-12(8-11)4-7-16-13/h2-3,8,15H,4-7,9-10H2,1H3. The third-order valence-corrected chi connectivity index (χ3v) is 3.74. The molecule has 3 rings (SSSR count). The zero-order valence-electron chi connectivity index (χ0n) is 9.88. The average molecular weight is 217 g/mol. The number of fused-ring (bicyclic) bond motifs is 1. The van der Waals surface area contributed by atoms with Crippen molar-refractivity contribution < 1.29 is 4.74 Å². The summed E-state index contributed by atoms with van der Waals surface area (Å²) < 4.78 is 5.50. The molecule has 0 spiro atoms.